The van der Waals surface area contributed by atoms with Crippen molar-refractivity contribution < 1.29 is 36.7 Å². The number of ether oxygens (including phenoxy) is 1. The van der Waals surface area contributed by atoms with Crippen LogP contribution >= 0.6 is 0 Å². The summed E-state index contributed by atoms with van der Waals surface area (Å²) in [7, 11) is 0. The fourth-order valence-corrected chi connectivity index (χ4v) is 7.33. The van der Waals surface area contributed by atoms with Crippen molar-refractivity contribution in [3.63, 3.8) is 0 Å². The fourth-order valence-electron chi connectivity index (χ4n) is 7.33. The number of pyridine rings is 1. The van der Waals surface area contributed by atoms with Crippen molar-refractivity contribution in [2.24, 2.45) is 0 Å². The molecule has 0 aliphatic carbocycles. The number of nitrogens with one attached hydrogen (secondary N) is 1. The number of fused-ring (bicyclic) bond motifs is 1. The number of anilines is 1. The van der Waals surface area contributed by atoms with Crippen LogP contribution in [0.4, 0.5) is 23.2 Å². The van der Waals surface area contributed by atoms with Crippen molar-refractivity contribution >= 4 is 23.4 Å². The van der Waals surface area contributed by atoms with Gasteiger partial charge in [-0.2, -0.15) is 13.2 Å². The summed E-state index contributed by atoms with van der Waals surface area (Å²) in [5.41, 5.74) is 1.62. The normalized spacial score (nSPS) is 21.9. The molecule has 1 atom stereocenters. The zero-order chi connectivity index (χ0) is 34.3. The van der Waals surface area contributed by atoms with Gasteiger partial charge in [-0.25, -0.2) is 9.37 Å². The molecule has 49 heavy (non-hydrogen) atoms. The zero-order valence-electron chi connectivity index (χ0n) is 26.8. The Bertz CT molecular complexity index is 1730. The van der Waals surface area contributed by atoms with Crippen LogP contribution in [0.15, 0.2) is 60.8 Å². The van der Waals surface area contributed by atoms with Gasteiger partial charge >= 0.3 is 6.18 Å². The summed E-state index contributed by atoms with van der Waals surface area (Å²) in [5, 5.41) is 2.31. The van der Waals surface area contributed by atoms with E-state index in [0.29, 0.717) is 75.1 Å². The Kier molecular flexibility index (Phi) is 8.80. The van der Waals surface area contributed by atoms with Crippen LogP contribution < -0.4 is 15.0 Å². The maximum Gasteiger partial charge on any atom is 0.416 e. The van der Waals surface area contributed by atoms with E-state index in [0.717, 1.165) is 29.6 Å². The van der Waals surface area contributed by atoms with Gasteiger partial charge in [0.2, 0.25) is 17.7 Å². The van der Waals surface area contributed by atoms with E-state index in [1.54, 1.807) is 18.2 Å². The van der Waals surface area contributed by atoms with E-state index >= 15 is 4.39 Å². The Balaban J connectivity index is 0.893. The fraction of sp³-hybridized carbons (Fsp3) is 0.444. The third kappa shape index (κ3) is 6.99. The van der Waals surface area contributed by atoms with Crippen LogP contribution in [0.3, 0.4) is 0 Å². The molecule has 13 heteroatoms. The summed E-state index contributed by atoms with van der Waals surface area (Å²) >= 11 is 0. The van der Waals surface area contributed by atoms with Crippen molar-refractivity contribution in [3.05, 3.63) is 88.6 Å². The lowest BCUT2D eigenvalue weighted by Gasteiger charge is -2.37. The molecule has 3 aromatic rings. The number of imide groups is 1. The first-order valence-electron chi connectivity index (χ1n) is 16.7. The standard InChI is InChI=1S/C36H37F4N5O4/c37-35(25-3-6-29-24(19-25)22-45(34(29)48)30-7-8-31(46)42-33(30)47)12-17-43(18-13-35)21-23-1-4-27(5-2-23)44-15-10-28(11-16-44)49-32-20-26(9-14-41-32)36(38,39)40/h1-6,9,14,19-20,28,30H,7-8,10-13,15-18,21-22H2,(H,42,46,47). The molecule has 3 fully saturated rings. The van der Waals surface area contributed by atoms with E-state index in [-0.39, 0.29) is 43.2 Å². The maximum absolute atomic E-state index is 16.3. The number of alkyl halides is 4. The van der Waals surface area contributed by atoms with Crippen LogP contribution in [-0.4, -0.2) is 70.8 Å². The lowest BCUT2D eigenvalue weighted by atomic mass is 9.84. The molecule has 7 rings (SSSR count). The third-order valence-electron chi connectivity index (χ3n) is 10.2. The molecule has 0 radical (unpaired) electrons. The van der Waals surface area contributed by atoms with Gasteiger partial charge in [0.25, 0.3) is 5.91 Å². The number of aromatic nitrogens is 1. The van der Waals surface area contributed by atoms with Gasteiger partial charge in [-0.05, 0) is 60.2 Å². The zero-order valence-corrected chi connectivity index (χ0v) is 26.8. The molecule has 4 aliphatic rings. The highest BCUT2D eigenvalue weighted by Crippen LogP contribution is 2.40. The SMILES string of the molecule is O=C1CCC(N2Cc3cc(C4(F)CCN(Cc5ccc(N6CCC(Oc7cc(C(F)(F)F)ccn7)CC6)cc5)CC4)ccc3C2=O)C(=O)N1. The third-order valence-corrected chi connectivity index (χ3v) is 10.2. The lowest BCUT2D eigenvalue weighted by molar-refractivity contribution is -0.138. The molecule has 1 aromatic heterocycles. The first-order chi connectivity index (χ1) is 23.4. The Morgan fingerprint density at radius 3 is 2.35 bits per heavy atom. The van der Waals surface area contributed by atoms with Gasteiger partial charge in [-0.15, -0.1) is 0 Å². The molecule has 3 saturated heterocycles. The summed E-state index contributed by atoms with van der Waals surface area (Å²) < 4.78 is 61.2. The van der Waals surface area contributed by atoms with Crippen LogP contribution in [0, 0.1) is 0 Å². The average molecular weight is 680 g/mol. The Labute approximate surface area is 281 Å². The van der Waals surface area contributed by atoms with Crippen molar-refractivity contribution in [1.29, 1.82) is 0 Å². The number of carbonyl (C=O) groups excluding carboxylic acids is 3. The van der Waals surface area contributed by atoms with Gasteiger partial charge in [-0.1, -0.05) is 24.3 Å². The number of rotatable bonds is 7. The minimum Gasteiger partial charge on any atom is -0.474 e. The lowest BCUT2D eigenvalue weighted by Crippen LogP contribution is -2.52. The van der Waals surface area contributed by atoms with Gasteiger partial charge in [0, 0.05) is 82.0 Å². The van der Waals surface area contributed by atoms with Crippen LogP contribution in [0.5, 0.6) is 5.88 Å². The highest BCUT2D eigenvalue weighted by Gasteiger charge is 2.41. The Morgan fingerprint density at radius 2 is 1.65 bits per heavy atom. The van der Waals surface area contributed by atoms with Crippen LogP contribution in [0.1, 0.15) is 71.1 Å². The topological polar surface area (TPSA) is 95.1 Å². The first-order valence-corrected chi connectivity index (χ1v) is 16.7. The summed E-state index contributed by atoms with van der Waals surface area (Å²) in [6, 6.07) is 14.6. The number of piperidine rings is 3. The number of hydrogen-bond acceptors (Lipinski definition) is 7. The second kappa shape index (κ2) is 13.1. The van der Waals surface area contributed by atoms with Gasteiger partial charge in [0.05, 0.1) is 5.56 Å². The quantitative estimate of drug-likeness (QED) is 0.265. The number of benzene rings is 2. The minimum atomic E-state index is -4.44. The summed E-state index contributed by atoms with van der Waals surface area (Å²) in [5.74, 6) is -1.09. The van der Waals surface area contributed by atoms with Crippen molar-refractivity contribution in [3.8, 4) is 5.88 Å². The molecule has 9 nitrogen and oxygen atoms in total. The predicted molar refractivity (Wildman–Crippen MR) is 171 cm³/mol. The number of amides is 3. The molecule has 0 saturated carbocycles. The van der Waals surface area contributed by atoms with E-state index in [9.17, 15) is 27.6 Å². The van der Waals surface area contributed by atoms with Gasteiger partial charge in [-0.3, -0.25) is 24.6 Å². The molecule has 5 heterocycles. The number of halogens is 4. The molecule has 1 N–H and O–H groups in total. The number of carbonyl (C=O) groups is 3. The van der Waals surface area contributed by atoms with Gasteiger partial charge in [0.15, 0.2) is 0 Å². The molecular formula is C36H37F4N5O4. The van der Waals surface area contributed by atoms with E-state index in [2.05, 4.69) is 44.4 Å². The van der Waals surface area contributed by atoms with Gasteiger partial charge < -0.3 is 14.5 Å². The number of hydrogen-bond donors (Lipinski definition) is 1. The van der Waals surface area contributed by atoms with E-state index < -0.39 is 29.4 Å². The molecule has 3 amide bonds. The monoisotopic (exact) mass is 679 g/mol. The maximum atomic E-state index is 16.3. The summed E-state index contributed by atoms with van der Waals surface area (Å²) in [4.78, 5) is 46.9. The van der Waals surface area contributed by atoms with Crippen molar-refractivity contribution in [2.75, 3.05) is 31.1 Å². The molecule has 258 valence electrons. The van der Waals surface area contributed by atoms with Crippen molar-refractivity contribution in [1.82, 2.24) is 20.1 Å². The van der Waals surface area contributed by atoms with Crippen LogP contribution in [0.2, 0.25) is 0 Å². The molecule has 2 aromatic carbocycles. The summed E-state index contributed by atoms with van der Waals surface area (Å²) in [6.07, 6.45) is -1.10. The highest BCUT2D eigenvalue weighted by molar-refractivity contribution is 6.05. The van der Waals surface area contributed by atoms with Crippen molar-refractivity contribution in [2.45, 2.75) is 75.6 Å². The number of nitrogens with zero attached hydrogens (tertiary/aromatic N) is 4. The van der Waals surface area contributed by atoms with Crippen LogP contribution in [-0.2, 0) is 34.5 Å². The summed E-state index contributed by atoms with van der Waals surface area (Å²) in [6.45, 7) is 3.47. The smallest absolute Gasteiger partial charge is 0.416 e. The molecule has 4 aliphatic heterocycles. The molecule has 0 spiro atoms. The molecule has 1 unspecified atom stereocenters. The first kappa shape index (κ1) is 33.0. The van der Waals surface area contributed by atoms with Crippen LogP contribution in [0.25, 0.3) is 0 Å². The van der Waals surface area contributed by atoms with Gasteiger partial charge in [0.1, 0.15) is 17.8 Å². The largest absolute Gasteiger partial charge is 0.474 e. The van der Waals surface area contributed by atoms with E-state index in [1.807, 2.05) is 0 Å². The Hall–Kier alpha value is -4.52. The predicted octanol–water partition coefficient (Wildman–Crippen LogP) is 5.37. The highest BCUT2D eigenvalue weighted by atomic mass is 19.4. The van der Waals surface area contributed by atoms with E-state index in [1.165, 1.54) is 4.90 Å². The second-order valence-corrected chi connectivity index (χ2v) is 13.4. The minimum absolute atomic E-state index is 0.0116. The Morgan fingerprint density at radius 1 is 0.918 bits per heavy atom. The van der Waals surface area contributed by atoms with E-state index in [4.69, 9.17) is 4.74 Å². The molecule has 0 bridgehead atoms. The number of likely N-dealkylation sites (tertiary alicyclic amines) is 1. The second-order valence-electron chi connectivity index (χ2n) is 13.4. The average Bonchev–Trinajstić information content (AvgIpc) is 3.41. The molecular weight excluding hydrogens is 642 g/mol.